The molecule has 4 rings (SSSR count). The van der Waals surface area contributed by atoms with E-state index in [-0.39, 0.29) is 5.56 Å². The summed E-state index contributed by atoms with van der Waals surface area (Å²) in [6.45, 7) is 0. The van der Waals surface area contributed by atoms with E-state index < -0.39 is 5.97 Å². The summed E-state index contributed by atoms with van der Waals surface area (Å²) in [7, 11) is 1.60. The minimum absolute atomic E-state index is 0.208. The molecular formula is C21H15BrN2O4. The van der Waals surface area contributed by atoms with E-state index in [1.807, 2.05) is 36.4 Å². The molecule has 1 heterocycles. The van der Waals surface area contributed by atoms with E-state index in [4.69, 9.17) is 14.6 Å². The highest BCUT2D eigenvalue weighted by molar-refractivity contribution is 9.10. The lowest BCUT2D eigenvalue weighted by Gasteiger charge is -2.09. The molecule has 0 bridgehead atoms. The number of imidazole rings is 1. The van der Waals surface area contributed by atoms with Gasteiger partial charge in [-0.05, 0) is 70.5 Å². The van der Waals surface area contributed by atoms with Gasteiger partial charge in [0.25, 0.3) is 0 Å². The summed E-state index contributed by atoms with van der Waals surface area (Å²) in [6, 6.07) is 17.8. The van der Waals surface area contributed by atoms with Gasteiger partial charge in [-0.2, -0.15) is 0 Å². The van der Waals surface area contributed by atoms with Crippen LogP contribution in [0.15, 0.2) is 65.1 Å². The molecule has 0 saturated carbocycles. The van der Waals surface area contributed by atoms with Gasteiger partial charge in [-0.1, -0.05) is 0 Å². The lowest BCUT2D eigenvalue weighted by Crippen LogP contribution is -1.94. The maximum absolute atomic E-state index is 11.1. The van der Waals surface area contributed by atoms with Crippen LogP contribution >= 0.6 is 15.9 Å². The third-order valence-corrected chi connectivity index (χ3v) is 4.87. The summed E-state index contributed by atoms with van der Waals surface area (Å²) in [4.78, 5) is 18.8. The molecule has 0 aliphatic rings. The molecule has 4 aromatic rings. The first-order valence-corrected chi connectivity index (χ1v) is 9.17. The Bertz CT molecular complexity index is 1170. The van der Waals surface area contributed by atoms with Crippen molar-refractivity contribution in [1.29, 1.82) is 0 Å². The number of carbonyl (C=O) groups is 1. The van der Waals surface area contributed by atoms with Gasteiger partial charge in [0, 0.05) is 11.6 Å². The van der Waals surface area contributed by atoms with Gasteiger partial charge in [0.1, 0.15) is 23.1 Å². The molecule has 0 saturated heterocycles. The third kappa shape index (κ3) is 3.57. The molecule has 0 fully saturated rings. The van der Waals surface area contributed by atoms with Crippen molar-refractivity contribution in [3.05, 3.63) is 70.7 Å². The quantitative estimate of drug-likeness (QED) is 0.430. The Hall–Kier alpha value is -3.32. The summed E-state index contributed by atoms with van der Waals surface area (Å²) in [5.41, 5.74) is 2.47. The highest BCUT2D eigenvalue weighted by atomic mass is 79.9. The SMILES string of the molecule is COc1cc(Oc2ccc(-c3nc4cc(C(=O)O)ccc4[nH]3)cc2)ccc1Br. The van der Waals surface area contributed by atoms with Crippen molar-refractivity contribution >= 4 is 32.9 Å². The Labute approximate surface area is 168 Å². The Morgan fingerprint density at radius 1 is 1.04 bits per heavy atom. The molecule has 140 valence electrons. The number of fused-ring (bicyclic) bond motifs is 1. The molecule has 0 aliphatic heterocycles. The summed E-state index contributed by atoms with van der Waals surface area (Å²) in [6.07, 6.45) is 0. The lowest BCUT2D eigenvalue weighted by atomic mass is 10.2. The van der Waals surface area contributed by atoms with Gasteiger partial charge in [0.2, 0.25) is 0 Å². The minimum atomic E-state index is -0.975. The van der Waals surface area contributed by atoms with E-state index in [1.165, 1.54) is 0 Å². The van der Waals surface area contributed by atoms with Gasteiger partial charge < -0.3 is 19.6 Å². The molecule has 7 heteroatoms. The molecule has 0 spiro atoms. The molecule has 0 atom stereocenters. The van der Waals surface area contributed by atoms with Crippen molar-refractivity contribution in [3.63, 3.8) is 0 Å². The molecule has 0 radical (unpaired) electrons. The van der Waals surface area contributed by atoms with E-state index in [2.05, 4.69) is 25.9 Å². The Balaban J connectivity index is 1.57. The molecule has 0 unspecified atom stereocenters. The van der Waals surface area contributed by atoms with E-state index >= 15 is 0 Å². The van der Waals surface area contributed by atoms with Crippen LogP contribution in [0.2, 0.25) is 0 Å². The number of aromatic nitrogens is 2. The number of hydrogen-bond donors (Lipinski definition) is 2. The van der Waals surface area contributed by atoms with E-state index in [0.29, 0.717) is 28.6 Å². The highest BCUT2D eigenvalue weighted by Crippen LogP contribution is 2.32. The zero-order valence-corrected chi connectivity index (χ0v) is 16.4. The number of nitrogens with zero attached hydrogens (tertiary/aromatic N) is 1. The van der Waals surface area contributed by atoms with Crippen LogP contribution in [0.5, 0.6) is 17.2 Å². The third-order valence-electron chi connectivity index (χ3n) is 4.22. The number of halogens is 1. The maximum Gasteiger partial charge on any atom is 0.335 e. The number of H-pyrrole nitrogens is 1. The second-order valence-electron chi connectivity index (χ2n) is 6.05. The van der Waals surface area contributed by atoms with Crippen molar-refractivity contribution in [2.24, 2.45) is 0 Å². The number of nitrogens with one attached hydrogen (secondary N) is 1. The Kier molecular flexibility index (Phi) is 4.75. The minimum Gasteiger partial charge on any atom is -0.495 e. The fourth-order valence-electron chi connectivity index (χ4n) is 2.80. The molecule has 2 N–H and O–H groups in total. The summed E-state index contributed by atoms with van der Waals surface area (Å²) in [5, 5.41) is 9.11. The van der Waals surface area contributed by atoms with Gasteiger partial charge in [-0.25, -0.2) is 9.78 Å². The van der Waals surface area contributed by atoms with Crippen molar-refractivity contribution in [1.82, 2.24) is 9.97 Å². The standard InChI is InChI=1S/C21H15BrN2O4/c1-27-19-11-15(7-8-16(19)22)28-14-5-2-12(3-6-14)20-23-17-9-4-13(21(25)26)10-18(17)24-20/h2-11H,1H3,(H,23,24)(H,25,26). The molecule has 0 aliphatic carbocycles. The zero-order valence-electron chi connectivity index (χ0n) is 14.8. The first-order valence-electron chi connectivity index (χ1n) is 8.38. The normalized spacial score (nSPS) is 10.8. The van der Waals surface area contributed by atoms with Crippen LogP contribution in [-0.2, 0) is 0 Å². The number of aromatic carboxylic acids is 1. The van der Waals surface area contributed by atoms with Gasteiger partial charge in [-0.15, -0.1) is 0 Å². The first-order chi connectivity index (χ1) is 13.5. The van der Waals surface area contributed by atoms with E-state index in [0.717, 1.165) is 15.6 Å². The van der Waals surface area contributed by atoms with Crippen molar-refractivity contribution in [2.45, 2.75) is 0 Å². The predicted octanol–water partition coefficient (Wildman–Crippen LogP) is 5.49. The number of benzene rings is 3. The Morgan fingerprint density at radius 2 is 1.79 bits per heavy atom. The van der Waals surface area contributed by atoms with Gasteiger partial charge >= 0.3 is 5.97 Å². The maximum atomic E-state index is 11.1. The largest absolute Gasteiger partial charge is 0.495 e. The zero-order chi connectivity index (χ0) is 19.7. The van der Waals surface area contributed by atoms with Crippen LogP contribution in [0.1, 0.15) is 10.4 Å². The number of carboxylic acids is 1. The predicted molar refractivity (Wildman–Crippen MR) is 109 cm³/mol. The second kappa shape index (κ2) is 7.36. The fourth-order valence-corrected chi connectivity index (χ4v) is 3.20. The van der Waals surface area contributed by atoms with Crippen LogP contribution < -0.4 is 9.47 Å². The number of hydrogen-bond acceptors (Lipinski definition) is 4. The molecule has 0 amide bonds. The number of aromatic amines is 1. The topological polar surface area (TPSA) is 84.4 Å². The van der Waals surface area contributed by atoms with Crippen molar-refractivity contribution < 1.29 is 19.4 Å². The summed E-state index contributed by atoms with van der Waals surface area (Å²) in [5.74, 6) is 1.72. The monoisotopic (exact) mass is 438 g/mol. The molecule has 28 heavy (non-hydrogen) atoms. The molecule has 6 nitrogen and oxygen atoms in total. The fraction of sp³-hybridized carbons (Fsp3) is 0.0476. The number of ether oxygens (including phenoxy) is 2. The smallest absolute Gasteiger partial charge is 0.335 e. The molecule has 3 aromatic carbocycles. The highest BCUT2D eigenvalue weighted by Gasteiger charge is 2.10. The van der Waals surface area contributed by atoms with Crippen LogP contribution in [0.3, 0.4) is 0 Å². The van der Waals surface area contributed by atoms with Crippen molar-refractivity contribution in [2.75, 3.05) is 7.11 Å². The van der Waals surface area contributed by atoms with Crippen LogP contribution in [0.25, 0.3) is 22.4 Å². The van der Waals surface area contributed by atoms with Crippen LogP contribution in [0.4, 0.5) is 0 Å². The van der Waals surface area contributed by atoms with E-state index in [9.17, 15) is 4.79 Å². The average molecular weight is 439 g/mol. The molecular weight excluding hydrogens is 424 g/mol. The van der Waals surface area contributed by atoms with E-state index in [1.54, 1.807) is 31.4 Å². The van der Waals surface area contributed by atoms with Crippen molar-refractivity contribution in [3.8, 4) is 28.6 Å². The van der Waals surface area contributed by atoms with Crippen LogP contribution in [0, 0.1) is 0 Å². The number of rotatable bonds is 5. The summed E-state index contributed by atoms with van der Waals surface area (Å²) < 4.78 is 12.0. The Morgan fingerprint density at radius 3 is 2.50 bits per heavy atom. The average Bonchev–Trinajstić information content (AvgIpc) is 3.13. The number of methoxy groups -OCH3 is 1. The second-order valence-corrected chi connectivity index (χ2v) is 6.90. The molecule has 1 aromatic heterocycles. The van der Waals surface area contributed by atoms with Gasteiger partial charge in [0.15, 0.2) is 0 Å². The van der Waals surface area contributed by atoms with Gasteiger partial charge in [-0.3, -0.25) is 0 Å². The van der Waals surface area contributed by atoms with Gasteiger partial charge in [0.05, 0.1) is 28.2 Å². The van der Waals surface area contributed by atoms with Crippen LogP contribution in [-0.4, -0.2) is 28.2 Å². The number of carboxylic acid groups (broad SMARTS) is 1. The summed E-state index contributed by atoms with van der Waals surface area (Å²) >= 11 is 3.41. The lowest BCUT2D eigenvalue weighted by molar-refractivity contribution is 0.0697. The first kappa shape index (κ1) is 18.1.